The maximum absolute atomic E-state index is 11.1. The summed E-state index contributed by atoms with van der Waals surface area (Å²) in [5.74, 6) is 0. The van der Waals surface area contributed by atoms with Crippen molar-refractivity contribution < 1.29 is 9.53 Å². The first-order chi connectivity index (χ1) is 8.68. The molecule has 0 aliphatic heterocycles. The normalized spacial score (nSPS) is 16.0. The number of benzene rings is 2. The molecule has 0 amide bonds. The summed E-state index contributed by atoms with van der Waals surface area (Å²) in [4.78, 5) is 11.1. The van der Waals surface area contributed by atoms with Gasteiger partial charge in [0.05, 0.1) is 0 Å². The molecule has 3 rings (SSSR count). The molecule has 0 radical (unpaired) electrons. The van der Waals surface area contributed by atoms with E-state index in [9.17, 15) is 4.79 Å². The minimum Gasteiger partial charge on any atom is -0.440 e. The summed E-state index contributed by atoms with van der Waals surface area (Å²) >= 11 is 5.38. The second-order valence-corrected chi connectivity index (χ2v) is 4.67. The SMILES string of the molecule is Cc1cccc2c1C(OC(=O)Cl)c1ccccc1-2. The van der Waals surface area contributed by atoms with Crippen molar-refractivity contribution in [3.8, 4) is 11.1 Å². The molecule has 1 aliphatic rings. The van der Waals surface area contributed by atoms with E-state index in [2.05, 4.69) is 0 Å². The second kappa shape index (κ2) is 4.14. The predicted octanol–water partition coefficient (Wildman–Crippen LogP) is 4.44. The molecule has 2 aromatic rings. The highest BCUT2D eigenvalue weighted by atomic mass is 35.5. The molecular weight excluding hydrogens is 248 g/mol. The largest absolute Gasteiger partial charge is 0.440 e. The number of halogens is 1. The van der Waals surface area contributed by atoms with E-state index in [4.69, 9.17) is 16.3 Å². The molecule has 0 aromatic heterocycles. The average molecular weight is 259 g/mol. The van der Waals surface area contributed by atoms with Gasteiger partial charge in [0.1, 0.15) is 0 Å². The molecule has 3 heteroatoms. The van der Waals surface area contributed by atoms with Crippen LogP contribution in [0, 0.1) is 6.92 Å². The summed E-state index contributed by atoms with van der Waals surface area (Å²) in [5.41, 5.74) is 4.59. The van der Waals surface area contributed by atoms with E-state index in [0.29, 0.717) is 0 Å². The Balaban J connectivity index is 2.25. The molecule has 2 aromatic carbocycles. The number of hydrogen-bond acceptors (Lipinski definition) is 2. The van der Waals surface area contributed by atoms with Gasteiger partial charge in [0.2, 0.25) is 0 Å². The fourth-order valence-electron chi connectivity index (χ4n) is 2.61. The number of aryl methyl sites for hydroxylation is 1. The lowest BCUT2D eigenvalue weighted by molar-refractivity contribution is 0.144. The van der Waals surface area contributed by atoms with Crippen LogP contribution in [0.2, 0.25) is 0 Å². The van der Waals surface area contributed by atoms with Gasteiger partial charge in [-0.15, -0.1) is 0 Å². The van der Waals surface area contributed by atoms with Gasteiger partial charge in [-0.25, -0.2) is 4.79 Å². The maximum Gasteiger partial charge on any atom is 0.404 e. The van der Waals surface area contributed by atoms with Gasteiger partial charge in [0, 0.05) is 22.7 Å². The quantitative estimate of drug-likeness (QED) is 0.707. The van der Waals surface area contributed by atoms with E-state index in [0.717, 1.165) is 27.8 Å². The summed E-state index contributed by atoms with van der Waals surface area (Å²) in [6.07, 6.45) is -0.387. The molecule has 1 aliphatic carbocycles. The van der Waals surface area contributed by atoms with Gasteiger partial charge >= 0.3 is 5.43 Å². The first kappa shape index (κ1) is 11.3. The van der Waals surface area contributed by atoms with E-state index in [1.54, 1.807) is 0 Å². The van der Waals surface area contributed by atoms with E-state index in [1.807, 2.05) is 49.4 Å². The number of hydrogen-bond donors (Lipinski definition) is 0. The zero-order valence-electron chi connectivity index (χ0n) is 9.81. The molecule has 0 saturated heterocycles. The molecule has 90 valence electrons. The Bertz CT molecular complexity index is 634. The number of fused-ring (bicyclic) bond motifs is 3. The van der Waals surface area contributed by atoms with Gasteiger partial charge in [-0.2, -0.15) is 0 Å². The summed E-state index contributed by atoms with van der Waals surface area (Å²) < 4.78 is 5.27. The van der Waals surface area contributed by atoms with E-state index in [-0.39, 0.29) is 6.10 Å². The van der Waals surface area contributed by atoms with Crippen molar-refractivity contribution in [1.29, 1.82) is 0 Å². The van der Waals surface area contributed by atoms with Crippen LogP contribution in [0.3, 0.4) is 0 Å². The number of carbonyl (C=O) groups excluding carboxylic acids is 1. The molecule has 0 saturated carbocycles. The highest BCUT2D eigenvalue weighted by molar-refractivity contribution is 6.61. The van der Waals surface area contributed by atoms with E-state index in [1.165, 1.54) is 0 Å². The second-order valence-electron chi connectivity index (χ2n) is 4.36. The van der Waals surface area contributed by atoms with Crippen LogP contribution in [-0.2, 0) is 4.74 Å². The third-order valence-corrected chi connectivity index (χ3v) is 3.42. The Hall–Kier alpha value is -1.80. The van der Waals surface area contributed by atoms with Gasteiger partial charge in [-0.3, -0.25) is 0 Å². The summed E-state index contributed by atoms with van der Waals surface area (Å²) in [6, 6.07) is 14.0. The van der Waals surface area contributed by atoms with Crippen molar-refractivity contribution in [3.63, 3.8) is 0 Å². The van der Waals surface area contributed by atoms with Crippen LogP contribution in [0.25, 0.3) is 11.1 Å². The Morgan fingerprint density at radius 2 is 1.83 bits per heavy atom. The summed E-state index contributed by atoms with van der Waals surface area (Å²) in [7, 11) is 0. The van der Waals surface area contributed by atoms with Crippen molar-refractivity contribution >= 4 is 17.0 Å². The molecule has 1 unspecified atom stereocenters. The topological polar surface area (TPSA) is 26.3 Å². The molecule has 1 atom stereocenters. The number of rotatable bonds is 1. The molecule has 0 spiro atoms. The van der Waals surface area contributed by atoms with Gasteiger partial charge in [-0.05, 0) is 23.6 Å². The fraction of sp³-hybridized carbons (Fsp3) is 0.133. The lowest BCUT2D eigenvalue weighted by Crippen LogP contribution is -2.05. The van der Waals surface area contributed by atoms with E-state index >= 15 is 0 Å². The van der Waals surface area contributed by atoms with Crippen molar-refractivity contribution in [1.82, 2.24) is 0 Å². The average Bonchev–Trinajstić information content (AvgIpc) is 2.66. The minimum absolute atomic E-state index is 0.387. The molecule has 2 nitrogen and oxygen atoms in total. The van der Waals surface area contributed by atoms with Crippen LogP contribution < -0.4 is 0 Å². The maximum atomic E-state index is 11.1. The van der Waals surface area contributed by atoms with Crippen LogP contribution in [0.15, 0.2) is 42.5 Å². The molecule has 0 heterocycles. The van der Waals surface area contributed by atoms with Crippen molar-refractivity contribution in [3.05, 3.63) is 59.2 Å². The summed E-state index contributed by atoms with van der Waals surface area (Å²) in [6.45, 7) is 2.01. The summed E-state index contributed by atoms with van der Waals surface area (Å²) in [5, 5.41) is 0. The van der Waals surface area contributed by atoms with Crippen LogP contribution in [0.4, 0.5) is 4.79 Å². The van der Waals surface area contributed by atoms with Crippen LogP contribution >= 0.6 is 11.6 Å². The standard InChI is InChI=1S/C15H11ClO2/c1-9-5-4-8-11-10-6-2-3-7-12(10)14(13(9)11)18-15(16)17/h2-8,14H,1H3. The smallest absolute Gasteiger partial charge is 0.404 e. The lowest BCUT2D eigenvalue weighted by Gasteiger charge is -2.14. The lowest BCUT2D eigenvalue weighted by atomic mass is 10.0. The Labute approximate surface area is 110 Å². The highest BCUT2D eigenvalue weighted by Gasteiger charge is 2.32. The highest BCUT2D eigenvalue weighted by Crippen LogP contribution is 2.46. The number of ether oxygens (including phenoxy) is 1. The minimum atomic E-state index is -0.772. The zero-order valence-corrected chi connectivity index (χ0v) is 10.6. The van der Waals surface area contributed by atoms with Crippen LogP contribution in [0.1, 0.15) is 22.8 Å². The van der Waals surface area contributed by atoms with Crippen LogP contribution in [-0.4, -0.2) is 5.43 Å². The van der Waals surface area contributed by atoms with Gasteiger partial charge in [0.15, 0.2) is 6.10 Å². The first-order valence-electron chi connectivity index (χ1n) is 5.73. The van der Waals surface area contributed by atoms with Gasteiger partial charge in [-0.1, -0.05) is 42.5 Å². The fourth-order valence-corrected chi connectivity index (χ4v) is 2.69. The van der Waals surface area contributed by atoms with Crippen molar-refractivity contribution in [2.24, 2.45) is 0 Å². The predicted molar refractivity (Wildman–Crippen MR) is 70.8 cm³/mol. The third kappa shape index (κ3) is 1.61. The Morgan fingerprint density at radius 1 is 1.11 bits per heavy atom. The monoisotopic (exact) mass is 258 g/mol. The molecule has 0 fully saturated rings. The van der Waals surface area contributed by atoms with Crippen molar-refractivity contribution in [2.45, 2.75) is 13.0 Å². The number of carbonyl (C=O) groups is 1. The Morgan fingerprint density at radius 3 is 2.61 bits per heavy atom. The van der Waals surface area contributed by atoms with Gasteiger partial charge in [0.25, 0.3) is 0 Å². The molecule has 0 N–H and O–H groups in total. The molecule has 18 heavy (non-hydrogen) atoms. The zero-order chi connectivity index (χ0) is 12.7. The third-order valence-electron chi connectivity index (χ3n) is 3.33. The molecular formula is C15H11ClO2. The first-order valence-corrected chi connectivity index (χ1v) is 6.11. The van der Waals surface area contributed by atoms with Crippen molar-refractivity contribution in [2.75, 3.05) is 0 Å². The molecule has 0 bridgehead atoms. The van der Waals surface area contributed by atoms with Crippen LogP contribution in [0.5, 0.6) is 0 Å². The Kier molecular flexibility index (Phi) is 2.60. The van der Waals surface area contributed by atoms with E-state index < -0.39 is 5.43 Å². The van der Waals surface area contributed by atoms with Gasteiger partial charge < -0.3 is 4.74 Å².